The molecule has 1 aromatic carbocycles. The first-order valence-electron chi connectivity index (χ1n) is 9.86. The van der Waals surface area contributed by atoms with Crippen LogP contribution >= 0.6 is 0 Å². The first-order chi connectivity index (χ1) is 15.0. The van der Waals surface area contributed by atoms with Gasteiger partial charge in [0.2, 0.25) is 0 Å². The molecule has 0 spiro atoms. The summed E-state index contributed by atoms with van der Waals surface area (Å²) < 4.78 is 4.92. The highest BCUT2D eigenvalue weighted by Crippen LogP contribution is 2.39. The van der Waals surface area contributed by atoms with Crippen LogP contribution in [-0.2, 0) is 4.74 Å². The number of amides is 1. The Morgan fingerprint density at radius 2 is 1.84 bits per heavy atom. The highest BCUT2D eigenvalue weighted by molar-refractivity contribution is 6.10. The van der Waals surface area contributed by atoms with E-state index >= 15 is 0 Å². The number of carbonyl (C=O) groups excluding carboxylic acids is 2. The van der Waals surface area contributed by atoms with E-state index in [1.807, 2.05) is 19.9 Å². The number of carbonyl (C=O) groups is 2. The first-order valence-corrected chi connectivity index (χ1v) is 9.86. The van der Waals surface area contributed by atoms with E-state index in [0.717, 1.165) is 29.7 Å². The molecule has 9 nitrogen and oxygen atoms in total. The fraction of sp³-hybridized carbons (Fsp3) is 0.273. The van der Waals surface area contributed by atoms with Crippen LogP contribution in [0, 0.1) is 13.8 Å². The molecule has 1 saturated carbocycles. The number of hydrogen-bond acceptors (Lipinski definition) is 8. The highest BCUT2D eigenvalue weighted by atomic mass is 16.5. The third-order valence-electron chi connectivity index (χ3n) is 5.20. The number of methoxy groups -OCH3 is 1. The van der Waals surface area contributed by atoms with Gasteiger partial charge in [-0.25, -0.2) is 24.7 Å². The van der Waals surface area contributed by atoms with E-state index in [0.29, 0.717) is 22.9 Å². The van der Waals surface area contributed by atoms with Crippen molar-refractivity contribution in [3.63, 3.8) is 0 Å². The van der Waals surface area contributed by atoms with Crippen LogP contribution in [0.4, 0.5) is 17.2 Å². The minimum atomic E-state index is -0.519. The van der Waals surface area contributed by atoms with Crippen molar-refractivity contribution in [2.24, 2.45) is 0 Å². The normalized spacial score (nSPS) is 12.9. The molecule has 1 amide bonds. The van der Waals surface area contributed by atoms with Crippen molar-refractivity contribution in [1.82, 2.24) is 19.9 Å². The molecule has 9 heteroatoms. The average Bonchev–Trinajstić information content (AvgIpc) is 3.62. The molecule has 0 atom stereocenters. The summed E-state index contributed by atoms with van der Waals surface area (Å²) in [5, 5.41) is 5.85. The van der Waals surface area contributed by atoms with Gasteiger partial charge in [0.05, 0.1) is 48.3 Å². The third-order valence-corrected chi connectivity index (χ3v) is 5.20. The van der Waals surface area contributed by atoms with Gasteiger partial charge in [0, 0.05) is 5.92 Å². The molecule has 0 unspecified atom stereocenters. The summed E-state index contributed by atoms with van der Waals surface area (Å²) in [7, 11) is 1.31. The van der Waals surface area contributed by atoms with Crippen LogP contribution < -0.4 is 10.6 Å². The van der Waals surface area contributed by atoms with E-state index in [4.69, 9.17) is 4.74 Å². The Kier molecular flexibility index (Phi) is 5.57. The van der Waals surface area contributed by atoms with Crippen LogP contribution in [0.25, 0.3) is 0 Å². The smallest absolute Gasteiger partial charge is 0.340 e. The van der Waals surface area contributed by atoms with Crippen molar-refractivity contribution < 1.29 is 14.3 Å². The van der Waals surface area contributed by atoms with Crippen molar-refractivity contribution in [1.29, 1.82) is 0 Å². The molecule has 1 aliphatic rings. The fourth-order valence-corrected chi connectivity index (χ4v) is 3.20. The molecule has 2 N–H and O–H groups in total. The maximum Gasteiger partial charge on any atom is 0.340 e. The average molecular weight is 418 g/mol. The second-order valence-corrected chi connectivity index (χ2v) is 7.39. The zero-order valence-electron chi connectivity index (χ0n) is 17.5. The Labute approximate surface area is 179 Å². The Morgan fingerprint density at radius 3 is 2.52 bits per heavy atom. The molecular weight excluding hydrogens is 396 g/mol. The molecule has 4 rings (SSSR count). The minimum absolute atomic E-state index is 0.127. The van der Waals surface area contributed by atoms with Gasteiger partial charge in [-0.15, -0.1) is 0 Å². The van der Waals surface area contributed by atoms with E-state index in [-0.39, 0.29) is 11.5 Å². The van der Waals surface area contributed by atoms with E-state index in [9.17, 15) is 9.59 Å². The summed E-state index contributed by atoms with van der Waals surface area (Å²) in [6.45, 7) is 3.70. The molecule has 158 valence electrons. The molecule has 2 aromatic heterocycles. The Bertz CT molecular complexity index is 1150. The van der Waals surface area contributed by atoms with Gasteiger partial charge in [0.1, 0.15) is 6.33 Å². The Balaban J connectivity index is 1.70. The topological polar surface area (TPSA) is 119 Å². The maximum atomic E-state index is 13.2. The molecule has 1 aliphatic carbocycles. The number of rotatable bonds is 6. The monoisotopic (exact) mass is 418 g/mol. The number of aryl methyl sites for hydroxylation is 1. The van der Waals surface area contributed by atoms with E-state index in [1.165, 1.54) is 13.4 Å². The van der Waals surface area contributed by atoms with Crippen molar-refractivity contribution in [3.8, 4) is 0 Å². The lowest BCUT2D eigenvalue weighted by Gasteiger charge is -2.15. The van der Waals surface area contributed by atoms with Crippen molar-refractivity contribution in [2.75, 3.05) is 17.7 Å². The van der Waals surface area contributed by atoms with E-state index in [2.05, 4.69) is 30.6 Å². The largest absolute Gasteiger partial charge is 0.465 e. The summed E-state index contributed by atoms with van der Waals surface area (Å²) in [5.41, 5.74) is 3.80. The number of nitrogens with one attached hydrogen (secondary N) is 2. The number of aromatic nitrogens is 4. The highest BCUT2D eigenvalue weighted by Gasteiger charge is 2.28. The van der Waals surface area contributed by atoms with Crippen molar-refractivity contribution in [3.05, 3.63) is 65.1 Å². The fourth-order valence-electron chi connectivity index (χ4n) is 3.20. The summed E-state index contributed by atoms with van der Waals surface area (Å²) >= 11 is 0. The molecule has 2 heterocycles. The van der Waals surface area contributed by atoms with Crippen LogP contribution in [0.3, 0.4) is 0 Å². The number of anilines is 3. The second kappa shape index (κ2) is 8.47. The third kappa shape index (κ3) is 4.35. The van der Waals surface area contributed by atoms with E-state index in [1.54, 1.807) is 24.7 Å². The molecule has 31 heavy (non-hydrogen) atoms. The lowest BCUT2D eigenvalue weighted by Crippen LogP contribution is -2.20. The summed E-state index contributed by atoms with van der Waals surface area (Å²) in [4.78, 5) is 42.5. The van der Waals surface area contributed by atoms with E-state index < -0.39 is 11.9 Å². The number of hydrogen-bond donors (Lipinski definition) is 2. The van der Waals surface area contributed by atoms with Gasteiger partial charge in [0.15, 0.2) is 11.5 Å². The molecule has 0 bridgehead atoms. The van der Waals surface area contributed by atoms with Crippen LogP contribution in [0.5, 0.6) is 0 Å². The molecule has 3 aromatic rings. The lowest BCUT2D eigenvalue weighted by molar-refractivity contribution is 0.0601. The predicted octanol–water partition coefficient (Wildman–Crippen LogP) is 3.54. The Morgan fingerprint density at radius 1 is 1.10 bits per heavy atom. The zero-order valence-corrected chi connectivity index (χ0v) is 17.5. The lowest BCUT2D eigenvalue weighted by atomic mass is 10.0. The molecular formula is C22H22N6O3. The van der Waals surface area contributed by atoms with Gasteiger partial charge in [0.25, 0.3) is 5.91 Å². The molecule has 0 radical (unpaired) electrons. The SMILES string of the molecule is COC(=O)c1c(NC(=O)c2nc(C3CC3)cnc2Nc2cncnc2)ccc(C)c1C. The van der Waals surface area contributed by atoms with Gasteiger partial charge in [-0.1, -0.05) is 6.07 Å². The van der Waals surface area contributed by atoms with Crippen LogP contribution in [0.1, 0.15) is 56.4 Å². The predicted molar refractivity (Wildman–Crippen MR) is 115 cm³/mol. The Hall–Kier alpha value is -3.88. The maximum absolute atomic E-state index is 13.2. The minimum Gasteiger partial charge on any atom is -0.465 e. The van der Waals surface area contributed by atoms with Crippen LogP contribution in [0.15, 0.2) is 37.1 Å². The number of nitrogens with zero attached hydrogens (tertiary/aromatic N) is 4. The number of ether oxygens (including phenoxy) is 1. The standard InChI is InChI=1S/C22H22N6O3/c1-12-4-7-16(18(13(12)2)22(30)31-3)28-21(29)19-20(26-15-8-23-11-24-9-15)25-10-17(27-19)14-5-6-14/h4,7-11,14H,5-6H2,1-3H3,(H,25,26)(H,28,29). The summed E-state index contributed by atoms with van der Waals surface area (Å²) in [6, 6.07) is 3.52. The molecule has 0 saturated heterocycles. The second-order valence-electron chi connectivity index (χ2n) is 7.39. The van der Waals surface area contributed by atoms with Crippen LogP contribution in [-0.4, -0.2) is 38.9 Å². The van der Waals surface area contributed by atoms with Gasteiger partial charge in [-0.3, -0.25) is 4.79 Å². The van der Waals surface area contributed by atoms with Crippen molar-refractivity contribution in [2.45, 2.75) is 32.6 Å². The number of benzene rings is 1. The van der Waals surface area contributed by atoms with Gasteiger partial charge in [-0.05, 0) is 43.9 Å². The van der Waals surface area contributed by atoms with Gasteiger partial charge >= 0.3 is 5.97 Å². The number of esters is 1. The van der Waals surface area contributed by atoms with Crippen LogP contribution in [0.2, 0.25) is 0 Å². The van der Waals surface area contributed by atoms with Gasteiger partial charge < -0.3 is 15.4 Å². The van der Waals surface area contributed by atoms with Crippen molar-refractivity contribution >= 4 is 29.1 Å². The van der Waals surface area contributed by atoms with Gasteiger partial charge in [-0.2, -0.15) is 0 Å². The molecule has 0 aliphatic heterocycles. The molecule has 1 fully saturated rings. The first kappa shape index (κ1) is 20.4. The summed E-state index contributed by atoms with van der Waals surface area (Å²) in [5.74, 6) is -0.405. The summed E-state index contributed by atoms with van der Waals surface area (Å²) in [6.07, 6.45) is 8.29. The zero-order chi connectivity index (χ0) is 22.0. The quantitative estimate of drug-likeness (QED) is 0.584.